The van der Waals surface area contributed by atoms with Gasteiger partial charge in [-0.25, -0.2) is 0 Å². The van der Waals surface area contributed by atoms with Gasteiger partial charge in [-0.05, 0) is 41.6 Å². The molecule has 2 heterocycles. The van der Waals surface area contributed by atoms with Crippen molar-refractivity contribution in [1.82, 2.24) is 15.6 Å². The first-order valence-electron chi connectivity index (χ1n) is 10.1. The van der Waals surface area contributed by atoms with Crippen LogP contribution in [0.15, 0.2) is 88.3 Å². The number of nitrogens with zero attached hydrogens (tertiary/aromatic N) is 2. The maximum atomic E-state index is 12.9. The zero-order valence-corrected chi connectivity index (χ0v) is 18.9. The second kappa shape index (κ2) is 9.01. The van der Waals surface area contributed by atoms with Crippen molar-refractivity contribution in [2.75, 3.05) is 0 Å². The Kier molecular flexibility index (Phi) is 5.77. The van der Waals surface area contributed by atoms with Gasteiger partial charge in [0.05, 0.1) is 16.7 Å². The highest BCUT2D eigenvalue weighted by molar-refractivity contribution is 8.26. The van der Waals surface area contributed by atoms with Crippen LogP contribution in [0.3, 0.4) is 0 Å². The topological polar surface area (TPSA) is 75.4 Å². The minimum atomic E-state index is -0.361. The van der Waals surface area contributed by atoms with Crippen molar-refractivity contribution in [3.63, 3.8) is 0 Å². The van der Waals surface area contributed by atoms with Gasteiger partial charge in [0.1, 0.15) is 5.52 Å². The molecule has 1 saturated heterocycles. The third-order valence-electron chi connectivity index (χ3n) is 5.07. The Bertz CT molecular complexity index is 1400. The molecule has 33 heavy (non-hydrogen) atoms. The lowest BCUT2D eigenvalue weighted by atomic mass is 10.1. The van der Waals surface area contributed by atoms with Crippen LogP contribution >= 0.6 is 24.0 Å². The van der Waals surface area contributed by atoms with Crippen molar-refractivity contribution in [2.45, 2.75) is 6.42 Å². The molecular formula is C25H17N3O3S2. The summed E-state index contributed by atoms with van der Waals surface area (Å²) in [5, 5.41) is 6.11. The zero-order chi connectivity index (χ0) is 22.8. The quantitative estimate of drug-likeness (QED) is 0.327. The van der Waals surface area contributed by atoms with Crippen molar-refractivity contribution < 1.29 is 14.1 Å². The Morgan fingerprint density at radius 1 is 1.06 bits per heavy atom. The second-order valence-corrected chi connectivity index (χ2v) is 9.04. The summed E-state index contributed by atoms with van der Waals surface area (Å²) in [6, 6.07) is 24.7. The van der Waals surface area contributed by atoms with Crippen molar-refractivity contribution in [1.29, 1.82) is 0 Å². The first-order chi connectivity index (χ1) is 16.1. The standard InChI is InChI=1S/C25H17N3O3S2/c29-22(15-16-7-3-1-4-8-16)26-28-24(30)21(33-25(28)32)14-17-11-12-20-19(13-17)23(31-27-20)18-9-5-2-6-10-18/h1-14H,15H2,(H,26,29)/b21-14-. The fraction of sp³-hybridized carbons (Fsp3) is 0.0400. The van der Waals surface area contributed by atoms with E-state index in [2.05, 4.69) is 10.6 Å². The molecule has 8 heteroatoms. The lowest BCUT2D eigenvalue weighted by molar-refractivity contribution is -0.132. The van der Waals surface area contributed by atoms with Crippen LogP contribution in [0.2, 0.25) is 0 Å². The Morgan fingerprint density at radius 3 is 2.55 bits per heavy atom. The van der Waals surface area contributed by atoms with E-state index in [1.165, 1.54) is 0 Å². The summed E-state index contributed by atoms with van der Waals surface area (Å²) >= 11 is 6.48. The number of carbonyl (C=O) groups is 2. The molecule has 1 aliphatic rings. The molecule has 0 aliphatic carbocycles. The van der Waals surface area contributed by atoms with Gasteiger partial charge in [0.2, 0.25) is 5.91 Å². The lowest BCUT2D eigenvalue weighted by Gasteiger charge is -2.15. The molecule has 4 aromatic rings. The Hall–Kier alpha value is -3.75. The predicted octanol–water partition coefficient (Wildman–Crippen LogP) is 4.97. The third-order valence-corrected chi connectivity index (χ3v) is 6.37. The van der Waals surface area contributed by atoms with E-state index in [-0.39, 0.29) is 22.6 Å². The van der Waals surface area contributed by atoms with E-state index in [1.54, 1.807) is 6.08 Å². The van der Waals surface area contributed by atoms with Gasteiger partial charge in [-0.3, -0.25) is 15.0 Å². The maximum Gasteiger partial charge on any atom is 0.285 e. The van der Waals surface area contributed by atoms with Crippen LogP contribution in [0, 0.1) is 0 Å². The van der Waals surface area contributed by atoms with Crippen molar-refractivity contribution in [3.8, 4) is 11.3 Å². The first-order valence-corrected chi connectivity index (χ1v) is 11.4. The predicted molar refractivity (Wildman–Crippen MR) is 133 cm³/mol. The van der Waals surface area contributed by atoms with Crippen molar-refractivity contribution >= 4 is 57.1 Å². The molecular weight excluding hydrogens is 454 g/mol. The zero-order valence-electron chi connectivity index (χ0n) is 17.2. The number of nitrogens with one attached hydrogen (secondary N) is 1. The number of hydrazine groups is 1. The molecule has 1 fully saturated rings. The highest BCUT2D eigenvalue weighted by Gasteiger charge is 2.33. The molecule has 1 N–H and O–H groups in total. The SMILES string of the molecule is O=C(Cc1ccccc1)NN1C(=O)/C(=C/c2ccc3noc(-c4ccccc4)c3c2)SC1=S. The van der Waals surface area contributed by atoms with Gasteiger partial charge < -0.3 is 4.52 Å². The number of carbonyl (C=O) groups excluding carboxylic acids is 2. The molecule has 0 atom stereocenters. The van der Waals surface area contributed by atoms with E-state index in [0.29, 0.717) is 10.7 Å². The van der Waals surface area contributed by atoms with E-state index in [1.807, 2.05) is 78.9 Å². The highest BCUT2D eigenvalue weighted by Crippen LogP contribution is 2.33. The molecule has 0 saturated carbocycles. The van der Waals surface area contributed by atoms with Crippen LogP contribution in [-0.4, -0.2) is 26.3 Å². The summed E-state index contributed by atoms with van der Waals surface area (Å²) in [5.74, 6) is -0.00108. The maximum absolute atomic E-state index is 12.9. The van der Waals surface area contributed by atoms with Gasteiger partial charge in [0.25, 0.3) is 5.91 Å². The largest absolute Gasteiger partial charge is 0.355 e. The van der Waals surface area contributed by atoms with Gasteiger partial charge in [0, 0.05) is 5.56 Å². The number of rotatable bonds is 5. The number of thioether (sulfide) groups is 1. The molecule has 0 unspecified atom stereocenters. The van der Waals surface area contributed by atoms with Gasteiger partial charge in [0.15, 0.2) is 10.1 Å². The average Bonchev–Trinajstić information content (AvgIpc) is 3.36. The van der Waals surface area contributed by atoms with Crippen molar-refractivity contribution in [2.24, 2.45) is 0 Å². The summed E-state index contributed by atoms with van der Waals surface area (Å²) in [4.78, 5) is 25.7. The van der Waals surface area contributed by atoms with E-state index in [0.717, 1.165) is 44.4 Å². The summed E-state index contributed by atoms with van der Waals surface area (Å²) in [6.45, 7) is 0. The lowest BCUT2D eigenvalue weighted by Crippen LogP contribution is -2.45. The number of aromatic nitrogens is 1. The molecule has 0 spiro atoms. The molecule has 2 amide bonds. The average molecular weight is 472 g/mol. The third kappa shape index (κ3) is 4.44. The highest BCUT2D eigenvalue weighted by atomic mass is 32.2. The molecule has 1 aliphatic heterocycles. The van der Waals surface area contributed by atoms with Crippen LogP contribution in [0.1, 0.15) is 11.1 Å². The minimum absolute atomic E-state index is 0.156. The fourth-order valence-corrected chi connectivity index (χ4v) is 4.69. The van der Waals surface area contributed by atoms with Crippen molar-refractivity contribution in [3.05, 3.63) is 94.9 Å². The molecule has 162 valence electrons. The summed E-state index contributed by atoms with van der Waals surface area (Å²) in [5.41, 5.74) is 5.92. The number of thiocarbonyl (C=S) groups is 1. The van der Waals surface area contributed by atoms with Crippen LogP contribution in [-0.2, 0) is 16.0 Å². The number of fused-ring (bicyclic) bond motifs is 1. The monoisotopic (exact) mass is 471 g/mol. The second-order valence-electron chi connectivity index (χ2n) is 7.37. The number of amides is 2. The fourth-order valence-electron chi connectivity index (χ4n) is 3.51. The molecule has 0 bridgehead atoms. The molecule has 3 aromatic carbocycles. The van der Waals surface area contributed by atoms with Crippen LogP contribution < -0.4 is 5.43 Å². The Balaban J connectivity index is 1.37. The Morgan fingerprint density at radius 2 is 1.79 bits per heavy atom. The van der Waals surface area contributed by atoms with Crippen LogP contribution in [0.25, 0.3) is 28.3 Å². The smallest absolute Gasteiger partial charge is 0.285 e. The van der Waals surface area contributed by atoms with E-state index >= 15 is 0 Å². The van der Waals surface area contributed by atoms with Crippen LogP contribution in [0.5, 0.6) is 0 Å². The van der Waals surface area contributed by atoms with Gasteiger partial charge in [-0.2, -0.15) is 5.01 Å². The minimum Gasteiger partial charge on any atom is -0.355 e. The number of hydrogen-bond acceptors (Lipinski definition) is 6. The molecule has 5 rings (SSSR count). The van der Waals surface area contributed by atoms with Crippen LogP contribution in [0.4, 0.5) is 0 Å². The van der Waals surface area contributed by atoms with E-state index in [4.69, 9.17) is 16.7 Å². The normalized spacial score (nSPS) is 14.9. The Labute approximate surface area is 199 Å². The molecule has 0 radical (unpaired) electrons. The number of benzene rings is 3. The summed E-state index contributed by atoms with van der Waals surface area (Å²) in [6.07, 6.45) is 1.91. The summed E-state index contributed by atoms with van der Waals surface area (Å²) in [7, 11) is 0. The van der Waals surface area contributed by atoms with Gasteiger partial charge in [-0.15, -0.1) is 0 Å². The molecule has 1 aromatic heterocycles. The van der Waals surface area contributed by atoms with Gasteiger partial charge >= 0.3 is 0 Å². The first kappa shape index (κ1) is 21.1. The van der Waals surface area contributed by atoms with Gasteiger partial charge in [-0.1, -0.05) is 83.6 Å². The number of hydrogen-bond donors (Lipinski definition) is 1. The molecule has 6 nitrogen and oxygen atoms in total. The van der Waals surface area contributed by atoms with E-state index in [9.17, 15) is 9.59 Å². The van der Waals surface area contributed by atoms with E-state index < -0.39 is 0 Å². The summed E-state index contributed by atoms with van der Waals surface area (Å²) < 4.78 is 5.84.